The van der Waals surface area contributed by atoms with Crippen LogP contribution in [0.15, 0.2) is 93.9 Å². The van der Waals surface area contributed by atoms with Crippen molar-refractivity contribution in [3.8, 4) is 0 Å². The van der Waals surface area contributed by atoms with Crippen molar-refractivity contribution in [2.24, 2.45) is 0 Å². The van der Waals surface area contributed by atoms with Gasteiger partial charge in [0.05, 0.1) is 11.2 Å². The highest BCUT2D eigenvalue weighted by Crippen LogP contribution is 2.28. The Bertz CT molecular complexity index is 1080. The molecule has 0 N–H and O–H groups in total. The lowest BCUT2D eigenvalue weighted by molar-refractivity contribution is 1.34. The summed E-state index contributed by atoms with van der Waals surface area (Å²) in [5.41, 5.74) is 5.35. The van der Waals surface area contributed by atoms with Gasteiger partial charge in [0.1, 0.15) is 0 Å². The molecule has 0 spiro atoms. The molecule has 0 atom stereocenters. The predicted octanol–water partition coefficient (Wildman–Crippen LogP) is 7.35. The average Bonchev–Trinajstić information content (AvgIpc) is 2.68. The van der Waals surface area contributed by atoms with E-state index in [2.05, 4.69) is 111 Å². The maximum Gasteiger partial charge on any atom is 0.0715 e. The third-order valence-electron chi connectivity index (χ3n) is 4.21. The molecule has 4 aromatic rings. The molecule has 3 heteroatoms. The summed E-state index contributed by atoms with van der Waals surface area (Å²) in [6, 6.07) is 29.1. The van der Waals surface area contributed by atoms with Crippen LogP contribution >= 0.6 is 31.9 Å². The lowest BCUT2D eigenvalue weighted by Crippen LogP contribution is -1.93. The fourth-order valence-corrected chi connectivity index (χ4v) is 3.40. The van der Waals surface area contributed by atoms with E-state index in [-0.39, 0.29) is 0 Å². The van der Waals surface area contributed by atoms with E-state index in [0.29, 0.717) is 0 Å². The molecule has 3 aromatic carbocycles. The van der Waals surface area contributed by atoms with Gasteiger partial charge in [0.15, 0.2) is 0 Å². The zero-order valence-electron chi connectivity index (χ0n) is 13.9. The van der Waals surface area contributed by atoms with E-state index in [0.717, 1.165) is 42.2 Å². The highest BCUT2D eigenvalue weighted by molar-refractivity contribution is 9.10. The molecule has 0 aliphatic heterocycles. The molecule has 0 saturated carbocycles. The van der Waals surface area contributed by atoms with Gasteiger partial charge in [-0.15, -0.1) is 0 Å². The minimum absolute atomic E-state index is 0.967. The number of hydrogen-bond donors (Lipinski definition) is 0. The predicted molar refractivity (Wildman–Crippen MR) is 117 cm³/mol. The van der Waals surface area contributed by atoms with Crippen LogP contribution in [0.1, 0.15) is 16.8 Å². The first-order valence-corrected chi connectivity index (χ1v) is 9.87. The average molecular weight is 465 g/mol. The van der Waals surface area contributed by atoms with Crippen molar-refractivity contribution in [1.82, 2.24) is 4.98 Å². The van der Waals surface area contributed by atoms with Crippen LogP contribution in [0.5, 0.6) is 0 Å². The van der Waals surface area contributed by atoms with Gasteiger partial charge in [-0.2, -0.15) is 0 Å². The number of nitrogens with zero attached hydrogens (tertiary/aromatic N) is 1. The largest absolute Gasteiger partial charge is 0.248 e. The van der Waals surface area contributed by atoms with Crippen LogP contribution in [0.2, 0.25) is 0 Å². The molecule has 0 fully saturated rings. The Kier molecular flexibility index (Phi) is 5.00. The first kappa shape index (κ1) is 17.2. The van der Waals surface area contributed by atoms with Gasteiger partial charge in [-0.25, -0.2) is 4.98 Å². The van der Waals surface area contributed by atoms with Crippen molar-refractivity contribution in [3.63, 3.8) is 0 Å². The molecule has 0 aliphatic rings. The summed E-state index contributed by atoms with van der Waals surface area (Å²) in [7, 11) is 0. The Morgan fingerprint density at radius 3 is 2.08 bits per heavy atom. The van der Waals surface area contributed by atoms with E-state index >= 15 is 0 Å². The van der Waals surface area contributed by atoms with Crippen LogP contribution in [-0.4, -0.2) is 4.98 Å². The molecule has 26 heavy (non-hydrogen) atoms. The topological polar surface area (TPSA) is 12.9 Å². The zero-order valence-corrected chi connectivity index (χ0v) is 17.0. The van der Waals surface area contributed by atoms with E-state index in [4.69, 9.17) is 4.98 Å². The summed E-state index contributed by atoms with van der Waals surface area (Å²) in [5, 5.41) is 1.15. The first-order valence-electron chi connectivity index (χ1n) is 8.28. The van der Waals surface area contributed by atoms with Crippen molar-refractivity contribution < 1.29 is 0 Å². The van der Waals surface area contributed by atoms with E-state index in [1.807, 2.05) is 12.1 Å². The minimum Gasteiger partial charge on any atom is -0.248 e. The standard InChI is InChI=1S/C23H15Br2N/c24-19-10-5-16(6-11-19)15-21(17-7-12-20(25)13-8-17)23-14-9-18-3-1-2-4-22(18)26-23/h1-15H. The molecule has 4 rings (SSSR count). The highest BCUT2D eigenvalue weighted by Gasteiger charge is 2.08. The van der Waals surface area contributed by atoms with Crippen molar-refractivity contribution in [2.45, 2.75) is 0 Å². The van der Waals surface area contributed by atoms with Gasteiger partial charge in [0, 0.05) is 19.9 Å². The fraction of sp³-hybridized carbons (Fsp3) is 0. The van der Waals surface area contributed by atoms with Crippen LogP contribution in [0.3, 0.4) is 0 Å². The maximum absolute atomic E-state index is 4.90. The molecule has 0 aliphatic carbocycles. The Hall–Kier alpha value is -2.23. The second kappa shape index (κ2) is 7.56. The van der Waals surface area contributed by atoms with Crippen LogP contribution in [0.25, 0.3) is 22.6 Å². The number of pyridine rings is 1. The fourth-order valence-electron chi connectivity index (χ4n) is 2.88. The zero-order chi connectivity index (χ0) is 17.9. The molecular weight excluding hydrogens is 450 g/mol. The van der Waals surface area contributed by atoms with E-state index in [1.165, 1.54) is 0 Å². The van der Waals surface area contributed by atoms with Gasteiger partial charge in [-0.1, -0.05) is 80.4 Å². The van der Waals surface area contributed by atoms with Crippen LogP contribution in [-0.2, 0) is 0 Å². The third kappa shape index (κ3) is 3.79. The molecule has 1 aromatic heterocycles. The van der Waals surface area contributed by atoms with Gasteiger partial charge in [-0.05, 0) is 53.6 Å². The van der Waals surface area contributed by atoms with Crippen molar-refractivity contribution in [3.05, 3.63) is 111 Å². The third-order valence-corrected chi connectivity index (χ3v) is 5.27. The lowest BCUT2D eigenvalue weighted by Gasteiger charge is -2.10. The van der Waals surface area contributed by atoms with Gasteiger partial charge >= 0.3 is 0 Å². The Balaban J connectivity index is 1.88. The number of para-hydroxylation sites is 1. The molecule has 0 saturated heterocycles. The summed E-state index contributed by atoms with van der Waals surface area (Å²) in [5.74, 6) is 0. The molecule has 1 nitrogen and oxygen atoms in total. The summed E-state index contributed by atoms with van der Waals surface area (Å²) < 4.78 is 2.14. The van der Waals surface area contributed by atoms with E-state index in [1.54, 1.807) is 0 Å². The monoisotopic (exact) mass is 463 g/mol. The lowest BCUT2D eigenvalue weighted by atomic mass is 9.99. The number of halogens is 2. The maximum atomic E-state index is 4.90. The molecule has 0 amide bonds. The quantitative estimate of drug-likeness (QED) is 0.289. The van der Waals surface area contributed by atoms with Gasteiger partial charge in [0.2, 0.25) is 0 Å². The molecule has 126 valence electrons. The number of rotatable bonds is 3. The molecule has 0 bridgehead atoms. The Morgan fingerprint density at radius 2 is 1.35 bits per heavy atom. The van der Waals surface area contributed by atoms with Crippen LogP contribution in [0.4, 0.5) is 0 Å². The molecule has 0 unspecified atom stereocenters. The van der Waals surface area contributed by atoms with Gasteiger partial charge < -0.3 is 0 Å². The number of fused-ring (bicyclic) bond motifs is 1. The first-order chi connectivity index (χ1) is 12.7. The highest BCUT2D eigenvalue weighted by atomic mass is 79.9. The minimum atomic E-state index is 0.967. The van der Waals surface area contributed by atoms with Gasteiger partial charge in [0.25, 0.3) is 0 Å². The number of hydrogen-bond acceptors (Lipinski definition) is 1. The summed E-state index contributed by atoms with van der Waals surface area (Å²) in [6.45, 7) is 0. The molecule has 1 heterocycles. The molecular formula is C23H15Br2N. The Labute approximate surface area is 169 Å². The van der Waals surface area contributed by atoms with Gasteiger partial charge in [-0.3, -0.25) is 0 Å². The van der Waals surface area contributed by atoms with Crippen molar-refractivity contribution in [1.29, 1.82) is 0 Å². The number of aromatic nitrogens is 1. The number of benzene rings is 3. The summed E-state index contributed by atoms with van der Waals surface area (Å²) in [4.78, 5) is 4.90. The van der Waals surface area contributed by atoms with Crippen molar-refractivity contribution in [2.75, 3.05) is 0 Å². The smallest absolute Gasteiger partial charge is 0.0715 e. The SMILES string of the molecule is Brc1ccc(C=C(c2ccc(Br)cc2)c2ccc3ccccc3n2)cc1. The second-order valence-electron chi connectivity index (χ2n) is 6.01. The Morgan fingerprint density at radius 1 is 0.692 bits per heavy atom. The summed E-state index contributed by atoms with van der Waals surface area (Å²) in [6.07, 6.45) is 2.19. The van der Waals surface area contributed by atoms with Crippen LogP contribution < -0.4 is 0 Å². The second-order valence-corrected chi connectivity index (χ2v) is 7.84. The summed E-state index contributed by atoms with van der Waals surface area (Å²) >= 11 is 7.02. The van der Waals surface area contributed by atoms with Crippen LogP contribution in [0, 0.1) is 0 Å². The molecule has 0 radical (unpaired) electrons. The van der Waals surface area contributed by atoms with E-state index in [9.17, 15) is 0 Å². The van der Waals surface area contributed by atoms with Crippen molar-refractivity contribution >= 4 is 54.4 Å². The van der Waals surface area contributed by atoms with E-state index < -0.39 is 0 Å². The normalized spacial score (nSPS) is 11.7.